The molecule has 1 N–H and O–H groups in total. The molecule has 2 unspecified atom stereocenters. The van der Waals surface area contributed by atoms with Gasteiger partial charge in [0.05, 0.1) is 38.7 Å². The molecule has 1 aliphatic carbocycles. The molecule has 0 bridgehead atoms. The summed E-state index contributed by atoms with van der Waals surface area (Å²) in [5.74, 6) is 1.98. The van der Waals surface area contributed by atoms with Crippen LogP contribution in [0.3, 0.4) is 0 Å². The molecule has 5 atom stereocenters. The van der Waals surface area contributed by atoms with E-state index in [1.54, 1.807) is 7.11 Å². The molecule has 2 heterocycles. The highest BCUT2D eigenvalue weighted by Crippen LogP contribution is 2.61. The molecule has 132 valence electrons. The molecule has 5 heteroatoms. The Bertz CT molecular complexity index is 666. The summed E-state index contributed by atoms with van der Waals surface area (Å²) in [7, 11) is 4.06. The number of hydrogen-bond donors (Lipinski definition) is 1. The Labute approximate surface area is 152 Å². The minimum atomic E-state index is -0.282. The van der Waals surface area contributed by atoms with Gasteiger partial charge in [0.2, 0.25) is 0 Å². The van der Waals surface area contributed by atoms with E-state index in [0.29, 0.717) is 0 Å². The number of ether oxygens (including phenoxy) is 2. The van der Waals surface area contributed by atoms with Gasteiger partial charge in [-0.05, 0) is 18.1 Å². The Kier molecular flexibility index (Phi) is 3.90. The number of hydrogen-bond acceptors (Lipinski definition) is 3. The Hall–Kier alpha value is -0.780. The molecule has 1 spiro atoms. The van der Waals surface area contributed by atoms with Crippen LogP contribution in [0, 0.1) is 5.92 Å². The summed E-state index contributed by atoms with van der Waals surface area (Å²) < 4.78 is 13.0. The molecule has 2 aliphatic heterocycles. The fourth-order valence-corrected chi connectivity index (χ4v) is 6.19. The van der Waals surface area contributed by atoms with Gasteiger partial charge in [-0.3, -0.25) is 0 Å². The van der Waals surface area contributed by atoms with E-state index in [0.717, 1.165) is 53.8 Å². The normalized spacial score (nSPS) is 39.8. The lowest BCUT2D eigenvalue weighted by Crippen LogP contribution is -2.47. The zero-order valence-corrected chi connectivity index (χ0v) is 16.3. The summed E-state index contributed by atoms with van der Waals surface area (Å²) >= 11 is 3.63. The van der Waals surface area contributed by atoms with Crippen molar-refractivity contribution in [3.8, 4) is 11.5 Å². The lowest BCUT2D eigenvalue weighted by molar-refractivity contribution is -0.920. The van der Waals surface area contributed by atoms with Gasteiger partial charge in [-0.1, -0.05) is 22.9 Å². The predicted octanol–water partition coefficient (Wildman–Crippen LogP) is 2.84. The number of aliphatic hydroxyl groups is 1. The summed E-state index contributed by atoms with van der Waals surface area (Å²) in [5.41, 5.74) is 2.63. The quantitative estimate of drug-likeness (QED) is 0.630. The molecule has 0 radical (unpaired) electrons. The number of nitrogens with zero attached hydrogens (tertiary/aromatic N) is 1. The van der Waals surface area contributed by atoms with Crippen LogP contribution in [0.25, 0.3) is 0 Å². The van der Waals surface area contributed by atoms with Crippen LogP contribution in [0.2, 0.25) is 0 Å². The minimum absolute atomic E-state index is 0.0685. The second-order valence-electron chi connectivity index (χ2n) is 8.03. The molecule has 0 amide bonds. The van der Waals surface area contributed by atoms with Crippen molar-refractivity contribution in [1.29, 1.82) is 0 Å². The largest absolute Gasteiger partial charge is 0.493 e. The smallest absolute Gasteiger partial charge is 0.166 e. The topological polar surface area (TPSA) is 38.7 Å². The minimum Gasteiger partial charge on any atom is -0.493 e. The van der Waals surface area contributed by atoms with Crippen molar-refractivity contribution in [2.45, 2.75) is 43.9 Å². The van der Waals surface area contributed by atoms with E-state index in [2.05, 4.69) is 36.0 Å². The molecule has 0 saturated heterocycles. The van der Waals surface area contributed by atoms with Gasteiger partial charge in [-0.25, -0.2) is 0 Å². The zero-order chi connectivity index (χ0) is 17.1. The molecule has 4 nitrogen and oxygen atoms in total. The van der Waals surface area contributed by atoms with Crippen LogP contribution < -0.4 is 9.47 Å². The maximum Gasteiger partial charge on any atom is 0.166 e. The van der Waals surface area contributed by atoms with E-state index in [4.69, 9.17) is 9.47 Å². The fourth-order valence-electron chi connectivity index (χ4n) is 5.33. The van der Waals surface area contributed by atoms with Crippen LogP contribution in [-0.2, 0) is 12.0 Å². The SMILES string of the molecule is COc1ccc2c3c1O[C@H]1C[C@@H](O)C(C)[C@@]31CC[N+](C)(CCBr)C2. The summed E-state index contributed by atoms with van der Waals surface area (Å²) in [4.78, 5) is 0. The maximum atomic E-state index is 10.6. The van der Waals surface area contributed by atoms with E-state index in [1.807, 2.05) is 6.07 Å². The van der Waals surface area contributed by atoms with Crippen molar-refractivity contribution >= 4 is 15.9 Å². The van der Waals surface area contributed by atoms with Gasteiger partial charge in [0, 0.05) is 29.4 Å². The fraction of sp³-hybridized carbons (Fsp3) is 0.684. The van der Waals surface area contributed by atoms with Crippen molar-refractivity contribution < 1.29 is 19.1 Å². The van der Waals surface area contributed by atoms with Crippen LogP contribution in [-0.4, -0.2) is 54.4 Å². The van der Waals surface area contributed by atoms with Crippen LogP contribution >= 0.6 is 15.9 Å². The Morgan fingerprint density at radius 1 is 1.46 bits per heavy atom. The number of quaternary nitrogens is 1. The Morgan fingerprint density at radius 3 is 2.96 bits per heavy atom. The summed E-state index contributed by atoms with van der Waals surface area (Å²) in [6.07, 6.45) is 1.57. The third kappa shape index (κ3) is 2.10. The highest BCUT2D eigenvalue weighted by atomic mass is 79.9. The summed E-state index contributed by atoms with van der Waals surface area (Å²) in [6, 6.07) is 4.27. The second-order valence-corrected chi connectivity index (χ2v) is 8.83. The standard InChI is InChI=1S/C19H27BrNO3/c1-12-14(22)10-16-19(12)6-8-21(2,9-7-20)11-13-4-5-15(23-3)18(24-16)17(13)19/h4-5,12,14,16,22H,6-11H2,1-3H3/q+1/t12?,14-,16+,19-,21?/m1/s1. The highest BCUT2D eigenvalue weighted by molar-refractivity contribution is 9.09. The lowest BCUT2D eigenvalue weighted by Gasteiger charge is -2.36. The average Bonchev–Trinajstić information content (AvgIpc) is 2.93. The lowest BCUT2D eigenvalue weighted by atomic mass is 9.69. The first kappa shape index (κ1) is 16.7. The molecule has 1 aromatic carbocycles. The number of alkyl halides is 1. The van der Waals surface area contributed by atoms with Crippen molar-refractivity contribution in [1.82, 2.24) is 0 Å². The Balaban J connectivity index is 1.91. The first-order chi connectivity index (χ1) is 11.4. The molecule has 1 saturated carbocycles. The predicted molar refractivity (Wildman–Crippen MR) is 96.9 cm³/mol. The van der Waals surface area contributed by atoms with Crippen molar-refractivity contribution in [2.75, 3.05) is 32.6 Å². The summed E-state index contributed by atoms with van der Waals surface area (Å²) in [6.45, 7) is 5.43. The molecule has 1 fully saturated rings. The number of halogens is 1. The van der Waals surface area contributed by atoms with Crippen LogP contribution in [0.1, 0.15) is 30.9 Å². The molecule has 0 aromatic heterocycles. The average molecular weight is 397 g/mol. The highest BCUT2D eigenvalue weighted by Gasteiger charge is 2.62. The summed E-state index contributed by atoms with van der Waals surface area (Å²) in [5, 5.41) is 11.6. The molecule has 1 aromatic rings. The van der Waals surface area contributed by atoms with Gasteiger partial charge in [0.25, 0.3) is 0 Å². The Morgan fingerprint density at radius 2 is 2.25 bits per heavy atom. The molecule has 24 heavy (non-hydrogen) atoms. The van der Waals surface area contributed by atoms with E-state index in [9.17, 15) is 5.11 Å². The molecular formula is C19H27BrNO3+. The van der Waals surface area contributed by atoms with Crippen LogP contribution in [0.15, 0.2) is 12.1 Å². The number of methoxy groups -OCH3 is 1. The van der Waals surface area contributed by atoms with Crippen LogP contribution in [0.5, 0.6) is 11.5 Å². The van der Waals surface area contributed by atoms with E-state index in [-0.39, 0.29) is 23.5 Å². The maximum absolute atomic E-state index is 10.6. The monoisotopic (exact) mass is 396 g/mol. The van der Waals surface area contributed by atoms with Crippen molar-refractivity contribution in [3.05, 3.63) is 23.3 Å². The second kappa shape index (κ2) is 5.61. The molecular weight excluding hydrogens is 370 g/mol. The van der Waals surface area contributed by atoms with Gasteiger partial charge < -0.3 is 19.1 Å². The van der Waals surface area contributed by atoms with Gasteiger partial charge in [0.15, 0.2) is 11.5 Å². The molecule has 3 aliphatic rings. The molecule has 4 rings (SSSR count). The van der Waals surface area contributed by atoms with Gasteiger partial charge in [-0.15, -0.1) is 0 Å². The third-order valence-electron chi connectivity index (χ3n) is 6.81. The number of benzene rings is 1. The van der Waals surface area contributed by atoms with E-state index >= 15 is 0 Å². The first-order valence-corrected chi connectivity index (χ1v) is 10.0. The third-order valence-corrected chi connectivity index (χ3v) is 7.17. The van der Waals surface area contributed by atoms with Gasteiger partial charge in [0.1, 0.15) is 12.6 Å². The van der Waals surface area contributed by atoms with Crippen molar-refractivity contribution in [2.24, 2.45) is 5.92 Å². The van der Waals surface area contributed by atoms with Gasteiger partial charge >= 0.3 is 0 Å². The number of aliphatic hydroxyl groups excluding tert-OH is 1. The van der Waals surface area contributed by atoms with E-state index < -0.39 is 0 Å². The van der Waals surface area contributed by atoms with Gasteiger partial charge in [-0.2, -0.15) is 0 Å². The zero-order valence-electron chi connectivity index (χ0n) is 14.7. The van der Waals surface area contributed by atoms with E-state index in [1.165, 1.54) is 11.1 Å². The first-order valence-electron chi connectivity index (χ1n) is 8.90. The number of rotatable bonds is 3. The van der Waals surface area contributed by atoms with Crippen LogP contribution in [0.4, 0.5) is 0 Å². The van der Waals surface area contributed by atoms with Crippen molar-refractivity contribution in [3.63, 3.8) is 0 Å².